The summed E-state index contributed by atoms with van der Waals surface area (Å²) in [6, 6.07) is 17.9. The molecule has 0 unspecified atom stereocenters. The zero-order valence-electron chi connectivity index (χ0n) is 15.3. The third kappa shape index (κ3) is 4.19. The number of carbonyl (C=O) groups is 1. The van der Waals surface area contributed by atoms with Gasteiger partial charge in [0.25, 0.3) is 0 Å². The summed E-state index contributed by atoms with van der Waals surface area (Å²) in [5, 5.41) is 0. The largest absolute Gasteiger partial charge is 0.497 e. The molecule has 0 saturated heterocycles. The summed E-state index contributed by atoms with van der Waals surface area (Å²) in [4.78, 5) is 19.3. The van der Waals surface area contributed by atoms with Crippen molar-refractivity contribution in [3.63, 3.8) is 0 Å². The van der Waals surface area contributed by atoms with E-state index in [-0.39, 0.29) is 12.3 Å². The van der Waals surface area contributed by atoms with Gasteiger partial charge >= 0.3 is 0 Å². The molecule has 1 fully saturated rings. The summed E-state index contributed by atoms with van der Waals surface area (Å²) in [7, 11) is 1.65. The number of oxazole rings is 1. The van der Waals surface area contributed by atoms with Gasteiger partial charge in [0.1, 0.15) is 12.0 Å². The van der Waals surface area contributed by atoms with Crippen LogP contribution < -0.4 is 4.74 Å². The normalized spacial score (nSPS) is 13.4. The highest BCUT2D eigenvalue weighted by Crippen LogP contribution is 2.29. The van der Waals surface area contributed by atoms with Gasteiger partial charge in [0.05, 0.1) is 19.2 Å². The SMILES string of the molecule is COc1ccc(CN(C(=O)Cc2coc(-c3ccccc3)n2)C2CC2)cc1. The standard InChI is InChI=1S/C22H22N2O3/c1-26-20-11-7-16(8-12-20)14-24(19-9-10-19)21(25)13-18-15-27-22(23-18)17-5-3-2-4-6-17/h2-8,11-12,15,19H,9-10,13-14H2,1H3. The predicted octanol–water partition coefficient (Wildman–Crippen LogP) is 4.08. The average Bonchev–Trinajstić information content (AvgIpc) is 3.45. The molecular formula is C22H22N2O3. The Morgan fingerprint density at radius 3 is 2.56 bits per heavy atom. The molecule has 4 rings (SSSR count). The average molecular weight is 362 g/mol. The van der Waals surface area contributed by atoms with Gasteiger partial charge in [-0.1, -0.05) is 30.3 Å². The molecule has 5 nitrogen and oxygen atoms in total. The number of amides is 1. The molecule has 1 aliphatic carbocycles. The maximum absolute atomic E-state index is 12.9. The molecule has 2 aromatic carbocycles. The van der Waals surface area contributed by atoms with E-state index in [1.165, 1.54) is 0 Å². The summed E-state index contributed by atoms with van der Waals surface area (Å²) in [5.41, 5.74) is 2.67. The predicted molar refractivity (Wildman–Crippen MR) is 102 cm³/mol. The molecule has 0 atom stereocenters. The van der Waals surface area contributed by atoms with Crippen LogP contribution in [0.3, 0.4) is 0 Å². The second-order valence-electron chi connectivity index (χ2n) is 6.79. The molecule has 1 aromatic heterocycles. The molecule has 0 aliphatic heterocycles. The minimum absolute atomic E-state index is 0.0845. The Kier molecular flexibility index (Phi) is 4.92. The second kappa shape index (κ2) is 7.66. The highest BCUT2D eigenvalue weighted by molar-refractivity contribution is 5.79. The molecule has 27 heavy (non-hydrogen) atoms. The van der Waals surface area contributed by atoms with Gasteiger partial charge < -0.3 is 14.1 Å². The lowest BCUT2D eigenvalue weighted by Gasteiger charge is -2.22. The third-order valence-corrected chi connectivity index (χ3v) is 4.72. The maximum atomic E-state index is 12.9. The van der Waals surface area contributed by atoms with Gasteiger partial charge in [-0.3, -0.25) is 4.79 Å². The first-order chi connectivity index (χ1) is 13.2. The molecular weight excluding hydrogens is 340 g/mol. The van der Waals surface area contributed by atoms with Crippen molar-refractivity contribution in [1.29, 1.82) is 0 Å². The van der Waals surface area contributed by atoms with Crippen LogP contribution in [0, 0.1) is 0 Å². The van der Waals surface area contributed by atoms with Gasteiger partial charge in [-0.2, -0.15) is 0 Å². The number of hydrogen-bond donors (Lipinski definition) is 0. The second-order valence-corrected chi connectivity index (χ2v) is 6.79. The van der Waals surface area contributed by atoms with Crippen LogP contribution in [0.4, 0.5) is 0 Å². The van der Waals surface area contributed by atoms with E-state index in [9.17, 15) is 4.79 Å². The van der Waals surface area contributed by atoms with Crippen molar-refractivity contribution in [2.24, 2.45) is 0 Å². The van der Waals surface area contributed by atoms with E-state index in [2.05, 4.69) is 4.98 Å². The molecule has 138 valence electrons. The van der Waals surface area contributed by atoms with E-state index in [0.717, 1.165) is 29.7 Å². The Morgan fingerprint density at radius 2 is 1.89 bits per heavy atom. The number of aromatic nitrogens is 1. The first kappa shape index (κ1) is 17.3. The fraction of sp³-hybridized carbons (Fsp3) is 0.273. The lowest BCUT2D eigenvalue weighted by atomic mass is 10.2. The number of hydrogen-bond acceptors (Lipinski definition) is 4. The number of carbonyl (C=O) groups excluding carboxylic acids is 1. The van der Waals surface area contributed by atoms with Crippen LogP contribution in [0.2, 0.25) is 0 Å². The number of ether oxygens (including phenoxy) is 1. The van der Waals surface area contributed by atoms with Crippen molar-refractivity contribution in [3.8, 4) is 17.2 Å². The van der Waals surface area contributed by atoms with Crippen molar-refractivity contribution in [2.45, 2.75) is 31.8 Å². The summed E-state index contributed by atoms with van der Waals surface area (Å²) >= 11 is 0. The lowest BCUT2D eigenvalue weighted by Crippen LogP contribution is -2.33. The Morgan fingerprint density at radius 1 is 1.15 bits per heavy atom. The van der Waals surface area contributed by atoms with Gasteiger partial charge in [-0.05, 0) is 42.7 Å². The molecule has 1 amide bonds. The van der Waals surface area contributed by atoms with Crippen LogP contribution in [0.25, 0.3) is 11.5 Å². The van der Waals surface area contributed by atoms with Crippen molar-refractivity contribution >= 4 is 5.91 Å². The fourth-order valence-electron chi connectivity index (χ4n) is 3.09. The maximum Gasteiger partial charge on any atom is 0.229 e. The molecule has 3 aromatic rings. The first-order valence-electron chi connectivity index (χ1n) is 9.15. The van der Waals surface area contributed by atoms with Crippen LogP contribution in [-0.4, -0.2) is 28.9 Å². The summed E-state index contributed by atoms with van der Waals surface area (Å²) in [6.07, 6.45) is 3.97. The number of methoxy groups -OCH3 is 1. The molecule has 1 heterocycles. The highest BCUT2D eigenvalue weighted by Gasteiger charge is 2.32. The van der Waals surface area contributed by atoms with Gasteiger partial charge in [0.15, 0.2) is 0 Å². The smallest absolute Gasteiger partial charge is 0.229 e. The number of benzene rings is 2. The van der Waals surface area contributed by atoms with Crippen LogP contribution in [0.5, 0.6) is 5.75 Å². The quantitative estimate of drug-likeness (QED) is 0.635. The van der Waals surface area contributed by atoms with Gasteiger partial charge in [-0.15, -0.1) is 0 Å². The number of nitrogens with zero attached hydrogens (tertiary/aromatic N) is 2. The Bertz CT molecular complexity index is 899. The van der Waals surface area contributed by atoms with Crippen molar-refractivity contribution in [2.75, 3.05) is 7.11 Å². The third-order valence-electron chi connectivity index (χ3n) is 4.72. The van der Waals surface area contributed by atoms with Crippen molar-refractivity contribution in [1.82, 2.24) is 9.88 Å². The van der Waals surface area contributed by atoms with Gasteiger partial charge in [0, 0.05) is 18.2 Å². The topological polar surface area (TPSA) is 55.6 Å². The minimum Gasteiger partial charge on any atom is -0.497 e. The van der Waals surface area contributed by atoms with Crippen LogP contribution in [0.15, 0.2) is 65.3 Å². The zero-order chi connectivity index (χ0) is 18.6. The van der Waals surface area contributed by atoms with Crippen molar-refractivity contribution in [3.05, 3.63) is 72.1 Å². The summed E-state index contributed by atoms with van der Waals surface area (Å²) in [6.45, 7) is 0.608. The van der Waals surface area contributed by atoms with Crippen LogP contribution in [-0.2, 0) is 17.8 Å². The molecule has 1 saturated carbocycles. The molecule has 0 N–H and O–H groups in total. The van der Waals surface area contributed by atoms with E-state index in [1.54, 1.807) is 13.4 Å². The van der Waals surface area contributed by atoms with E-state index in [4.69, 9.17) is 9.15 Å². The first-order valence-corrected chi connectivity index (χ1v) is 9.15. The monoisotopic (exact) mass is 362 g/mol. The molecule has 0 spiro atoms. The molecule has 5 heteroatoms. The fourth-order valence-corrected chi connectivity index (χ4v) is 3.09. The minimum atomic E-state index is 0.0845. The Balaban J connectivity index is 1.44. The molecule has 0 radical (unpaired) electrons. The van der Waals surface area contributed by atoms with E-state index >= 15 is 0 Å². The summed E-state index contributed by atoms with van der Waals surface area (Å²) < 4.78 is 10.8. The summed E-state index contributed by atoms with van der Waals surface area (Å²) in [5.74, 6) is 1.45. The van der Waals surface area contributed by atoms with Gasteiger partial charge in [-0.25, -0.2) is 4.98 Å². The van der Waals surface area contributed by atoms with E-state index in [0.29, 0.717) is 24.2 Å². The van der Waals surface area contributed by atoms with E-state index < -0.39 is 0 Å². The van der Waals surface area contributed by atoms with Crippen LogP contribution in [0.1, 0.15) is 24.1 Å². The van der Waals surface area contributed by atoms with Crippen LogP contribution >= 0.6 is 0 Å². The number of rotatable bonds is 7. The Labute approximate surface area is 158 Å². The lowest BCUT2D eigenvalue weighted by molar-refractivity contribution is -0.131. The highest BCUT2D eigenvalue weighted by atomic mass is 16.5. The Hall–Kier alpha value is -3.08. The molecule has 0 bridgehead atoms. The van der Waals surface area contributed by atoms with E-state index in [1.807, 2.05) is 59.5 Å². The van der Waals surface area contributed by atoms with Gasteiger partial charge in [0.2, 0.25) is 11.8 Å². The van der Waals surface area contributed by atoms with Crippen molar-refractivity contribution < 1.29 is 13.9 Å². The molecule has 1 aliphatic rings. The zero-order valence-corrected chi connectivity index (χ0v) is 15.3.